The molecule has 0 N–H and O–H groups in total. The summed E-state index contributed by atoms with van der Waals surface area (Å²) < 4.78 is 74.5. The summed E-state index contributed by atoms with van der Waals surface area (Å²) in [6, 6.07) is 0.566. The highest BCUT2D eigenvalue weighted by Crippen LogP contribution is 2.33. The van der Waals surface area contributed by atoms with E-state index < -0.39 is 41.0 Å². The third kappa shape index (κ3) is 2.88. The molecule has 114 valence electrons. The van der Waals surface area contributed by atoms with Gasteiger partial charge in [-0.25, -0.2) is 14.1 Å². The second-order valence-electron chi connectivity index (χ2n) is 3.85. The van der Waals surface area contributed by atoms with E-state index in [1.165, 1.54) is 7.05 Å². The second kappa shape index (κ2) is 5.19. The summed E-state index contributed by atoms with van der Waals surface area (Å²) in [4.78, 5) is 3.32. The second-order valence-corrected chi connectivity index (χ2v) is 3.85. The third-order valence-electron chi connectivity index (χ3n) is 2.43. The maximum Gasteiger partial charge on any atom is 0.435 e. The Morgan fingerprint density at radius 2 is 1.90 bits per heavy atom. The van der Waals surface area contributed by atoms with Gasteiger partial charge in [-0.15, -0.1) is 0 Å². The first-order chi connectivity index (χ1) is 9.74. The summed E-state index contributed by atoms with van der Waals surface area (Å²) in [5, 5.41) is 3.18. The van der Waals surface area contributed by atoms with Gasteiger partial charge >= 0.3 is 6.18 Å². The van der Waals surface area contributed by atoms with Crippen molar-refractivity contribution in [2.75, 3.05) is 7.11 Å². The fourth-order valence-electron chi connectivity index (χ4n) is 1.47. The van der Waals surface area contributed by atoms with Crippen LogP contribution in [0, 0.1) is 11.6 Å². The molecule has 0 bridgehead atoms. The minimum Gasteiger partial charge on any atom is -0.491 e. The van der Waals surface area contributed by atoms with Gasteiger partial charge in [-0.1, -0.05) is 0 Å². The van der Waals surface area contributed by atoms with E-state index in [1.807, 2.05) is 0 Å². The Labute approximate surface area is 114 Å². The van der Waals surface area contributed by atoms with Crippen LogP contribution in [0.3, 0.4) is 0 Å². The molecule has 0 aliphatic rings. The number of pyridine rings is 1. The van der Waals surface area contributed by atoms with Crippen molar-refractivity contribution in [3.63, 3.8) is 0 Å². The Kier molecular flexibility index (Phi) is 3.71. The van der Waals surface area contributed by atoms with Crippen LogP contribution in [0.5, 0.6) is 17.5 Å². The van der Waals surface area contributed by atoms with Crippen LogP contribution in [-0.2, 0) is 13.2 Å². The molecule has 2 rings (SSSR count). The summed E-state index contributed by atoms with van der Waals surface area (Å²) >= 11 is 0. The first kappa shape index (κ1) is 15.0. The first-order valence-electron chi connectivity index (χ1n) is 5.41. The van der Waals surface area contributed by atoms with Gasteiger partial charge in [0.05, 0.1) is 13.3 Å². The van der Waals surface area contributed by atoms with E-state index in [9.17, 15) is 22.0 Å². The van der Waals surface area contributed by atoms with Crippen LogP contribution in [0.15, 0.2) is 12.3 Å². The molecule has 0 aliphatic heterocycles. The van der Waals surface area contributed by atoms with Crippen molar-refractivity contribution in [2.24, 2.45) is 7.05 Å². The Balaban J connectivity index is 2.37. The molecule has 0 atom stereocenters. The monoisotopic (exact) mass is 309 g/mol. The molecule has 0 saturated heterocycles. The SMILES string of the molecule is COc1c(F)cnc(Oc2cc(C(F)(F)F)nn2C)c1F. The summed E-state index contributed by atoms with van der Waals surface area (Å²) in [7, 11) is 2.19. The molecule has 0 spiro atoms. The molecule has 0 radical (unpaired) electrons. The van der Waals surface area contributed by atoms with Crippen LogP contribution in [-0.4, -0.2) is 21.9 Å². The predicted molar refractivity (Wildman–Crippen MR) is 59.0 cm³/mol. The Bertz CT molecular complexity index is 669. The van der Waals surface area contributed by atoms with Gasteiger partial charge in [-0.3, -0.25) is 0 Å². The van der Waals surface area contributed by atoms with Crippen LogP contribution in [0.4, 0.5) is 22.0 Å². The molecule has 0 aliphatic carbocycles. The lowest BCUT2D eigenvalue weighted by molar-refractivity contribution is -0.141. The van der Waals surface area contributed by atoms with Crippen molar-refractivity contribution in [3.8, 4) is 17.5 Å². The fraction of sp³-hybridized carbons (Fsp3) is 0.273. The number of halogens is 5. The zero-order chi connectivity index (χ0) is 15.8. The molecule has 5 nitrogen and oxygen atoms in total. The minimum atomic E-state index is -4.67. The molecule has 0 amide bonds. The number of rotatable bonds is 3. The van der Waals surface area contributed by atoms with Gasteiger partial charge in [0.15, 0.2) is 17.3 Å². The number of methoxy groups -OCH3 is 1. The zero-order valence-electron chi connectivity index (χ0n) is 10.7. The fourth-order valence-corrected chi connectivity index (χ4v) is 1.47. The van der Waals surface area contributed by atoms with E-state index in [1.54, 1.807) is 0 Å². The number of ether oxygens (including phenoxy) is 2. The summed E-state index contributed by atoms with van der Waals surface area (Å²) in [6.07, 6.45) is -4.05. The maximum absolute atomic E-state index is 13.8. The van der Waals surface area contributed by atoms with Crippen LogP contribution in [0.1, 0.15) is 5.69 Å². The number of hydrogen-bond donors (Lipinski definition) is 0. The molecular weight excluding hydrogens is 301 g/mol. The normalized spacial score (nSPS) is 11.6. The van der Waals surface area contributed by atoms with Crippen LogP contribution >= 0.6 is 0 Å². The first-order valence-corrected chi connectivity index (χ1v) is 5.41. The van der Waals surface area contributed by atoms with E-state index >= 15 is 0 Å². The highest BCUT2D eigenvalue weighted by atomic mass is 19.4. The smallest absolute Gasteiger partial charge is 0.435 e. The third-order valence-corrected chi connectivity index (χ3v) is 2.43. The Morgan fingerprint density at radius 3 is 2.43 bits per heavy atom. The largest absolute Gasteiger partial charge is 0.491 e. The number of aromatic nitrogens is 3. The van der Waals surface area contributed by atoms with Gasteiger partial charge < -0.3 is 9.47 Å². The predicted octanol–water partition coefficient (Wildman–Crippen LogP) is 2.91. The molecule has 21 heavy (non-hydrogen) atoms. The van der Waals surface area contributed by atoms with Gasteiger partial charge in [-0.2, -0.15) is 22.7 Å². The Morgan fingerprint density at radius 1 is 1.24 bits per heavy atom. The van der Waals surface area contributed by atoms with Gasteiger partial charge in [-0.05, 0) is 0 Å². The number of nitrogens with zero attached hydrogens (tertiary/aromatic N) is 3. The Hall–Kier alpha value is -2.39. The number of hydrogen-bond acceptors (Lipinski definition) is 4. The lowest BCUT2D eigenvalue weighted by Crippen LogP contribution is -2.06. The number of aryl methyl sites for hydroxylation is 1. The average molecular weight is 309 g/mol. The van der Waals surface area contributed by atoms with Gasteiger partial charge in [0.25, 0.3) is 5.88 Å². The molecule has 0 saturated carbocycles. The van der Waals surface area contributed by atoms with E-state index in [2.05, 4.69) is 14.8 Å². The summed E-state index contributed by atoms with van der Waals surface area (Å²) in [5.74, 6) is -4.24. The van der Waals surface area contributed by atoms with Crippen molar-refractivity contribution in [3.05, 3.63) is 29.6 Å². The van der Waals surface area contributed by atoms with Crippen molar-refractivity contribution < 1.29 is 31.4 Å². The van der Waals surface area contributed by atoms with Crippen LogP contribution < -0.4 is 9.47 Å². The van der Waals surface area contributed by atoms with E-state index in [-0.39, 0.29) is 0 Å². The molecule has 0 unspecified atom stereocenters. The van der Waals surface area contributed by atoms with E-state index in [0.717, 1.165) is 11.8 Å². The molecule has 0 fully saturated rings. The minimum absolute atomic E-state index is 0.414. The quantitative estimate of drug-likeness (QED) is 0.818. The number of alkyl halides is 3. The van der Waals surface area contributed by atoms with E-state index in [0.29, 0.717) is 12.3 Å². The van der Waals surface area contributed by atoms with Crippen LogP contribution in [0.2, 0.25) is 0 Å². The maximum atomic E-state index is 13.8. The van der Waals surface area contributed by atoms with Crippen molar-refractivity contribution in [2.45, 2.75) is 6.18 Å². The lowest BCUT2D eigenvalue weighted by Gasteiger charge is -2.08. The molecule has 0 aromatic carbocycles. The summed E-state index contributed by atoms with van der Waals surface area (Å²) in [5.41, 5.74) is -1.21. The standard InChI is InChI=1S/C11H8F5N3O2/c1-19-7(3-6(18-19)11(14,15)16)21-10-8(13)9(20-2)5(12)4-17-10/h3-4H,1-2H3. The zero-order valence-corrected chi connectivity index (χ0v) is 10.7. The van der Waals surface area contributed by atoms with Gasteiger partial charge in [0.2, 0.25) is 11.7 Å². The summed E-state index contributed by atoms with van der Waals surface area (Å²) in [6.45, 7) is 0. The molecule has 2 aromatic heterocycles. The average Bonchev–Trinajstić information content (AvgIpc) is 2.75. The van der Waals surface area contributed by atoms with Gasteiger partial charge in [0.1, 0.15) is 0 Å². The van der Waals surface area contributed by atoms with Crippen molar-refractivity contribution in [1.82, 2.24) is 14.8 Å². The highest BCUT2D eigenvalue weighted by molar-refractivity contribution is 5.33. The molecule has 10 heteroatoms. The van der Waals surface area contributed by atoms with Crippen LogP contribution in [0.25, 0.3) is 0 Å². The van der Waals surface area contributed by atoms with E-state index in [4.69, 9.17) is 4.74 Å². The highest BCUT2D eigenvalue weighted by Gasteiger charge is 2.35. The van der Waals surface area contributed by atoms with Gasteiger partial charge in [0, 0.05) is 13.1 Å². The van der Waals surface area contributed by atoms with Crippen molar-refractivity contribution >= 4 is 0 Å². The molecular formula is C11H8F5N3O2. The topological polar surface area (TPSA) is 49.2 Å². The molecule has 2 heterocycles. The van der Waals surface area contributed by atoms with Crippen molar-refractivity contribution in [1.29, 1.82) is 0 Å². The lowest BCUT2D eigenvalue weighted by atomic mass is 10.4. The molecule has 2 aromatic rings.